The average molecular weight is 427 g/mol. The first kappa shape index (κ1) is 18.4. The highest BCUT2D eigenvalue weighted by Gasteiger charge is 2.64. The van der Waals surface area contributed by atoms with Crippen molar-refractivity contribution in [2.75, 3.05) is 6.54 Å². The Labute approximate surface area is 149 Å². The van der Waals surface area contributed by atoms with Crippen molar-refractivity contribution in [1.29, 1.82) is 0 Å². The minimum absolute atomic E-state index is 0.134. The molecule has 10 heteroatoms. The molecule has 1 aromatic rings. The summed E-state index contributed by atoms with van der Waals surface area (Å²) in [5.74, 6) is -4.45. The first-order valence-electron chi connectivity index (χ1n) is 7.66. The van der Waals surface area contributed by atoms with E-state index in [1.807, 2.05) is 0 Å². The number of ether oxygens (including phenoxy) is 1. The number of nitrogens with zero attached hydrogens (tertiary/aromatic N) is 2. The Morgan fingerprint density at radius 3 is 2.56 bits per heavy atom. The summed E-state index contributed by atoms with van der Waals surface area (Å²) in [4.78, 5) is 17.6. The van der Waals surface area contributed by atoms with E-state index in [2.05, 4.69) is 25.7 Å². The summed E-state index contributed by atoms with van der Waals surface area (Å²) < 4.78 is 56.8. The lowest BCUT2D eigenvalue weighted by atomic mass is 9.90. The molecule has 1 atom stereocenters. The van der Waals surface area contributed by atoms with E-state index in [1.54, 1.807) is 0 Å². The number of hydrogen-bond donors (Lipinski definition) is 1. The molecule has 1 unspecified atom stereocenters. The number of aliphatic hydroxyl groups is 1. The zero-order valence-corrected chi connectivity index (χ0v) is 14.5. The molecule has 0 bridgehead atoms. The number of carbonyl (C=O) groups is 1. The van der Waals surface area contributed by atoms with E-state index in [4.69, 9.17) is 0 Å². The van der Waals surface area contributed by atoms with Crippen LogP contribution in [0.3, 0.4) is 0 Å². The van der Waals surface area contributed by atoms with Crippen LogP contribution < -0.4 is 4.74 Å². The Balaban J connectivity index is 1.91. The normalized spacial score (nSPS) is 24.3. The Bertz CT molecular complexity index is 683. The van der Waals surface area contributed by atoms with Gasteiger partial charge in [0.1, 0.15) is 16.4 Å². The molecule has 1 saturated carbocycles. The maximum atomic E-state index is 14.1. The Hall–Kier alpha value is -1.42. The number of rotatable bonds is 3. The predicted octanol–water partition coefficient (Wildman–Crippen LogP) is 3.21. The highest BCUT2D eigenvalue weighted by Crippen LogP contribution is 2.49. The van der Waals surface area contributed by atoms with Gasteiger partial charge in [-0.3, -0.25) is 4.79 Å². The summed E-state index contributed by atoms with van der Waals surface area (Å²) >= 11 is 2.92. The van der Waals surface area contributed by atoms with E-state index in [-0.39, 0.29) is 28.9 Å². The van der Waals surface area contributed by atoms with Crippen molar-refractivity contribution < 1.29 is 32.2 Å². The van der Waals surface area contributed by atoms with E-state index in [0.717, 1.165) is 17.0 Å². The number of halogens is 5. The van der Waals surface area contributed by atoms with Crippen molar-refractivity contribution in [1.82, 2.24) is 9.88 Å². The number of likely N-dealkylation sites (tertiary alicyclic amines) is 1. The second-order valence-corrected chi connectivity index (χ2v) is 6.98. The van der Waals surface area contributed by atoms with Crippen LogP contribution in [0.2, 0.25) is 0 Å². The van der Waals surface area contributed by atoms with E-state index in [9.17, 15) is 27.5 Å². The second-order valence-electron chi connectivity index (χ2n) is 6.23. The summed E-state index contributed by atoms with van der Waals surface area (Å²) in [5.41, 5.74) is -1.50. The molecule has 3 rings (SSSR count). The Morgan fingerprint density at radius 2 is 2.00 bits per heavy atom. The van der Waals surface area contributed by atoms with Crippen LogP contribution in [0.5, 0.6) is 5.75 Å². The zero-order valence-electron chi connectivity index (χ0n) is 12.9. The van der Waals surface area contributed by atoms with E-state index in [0.29, 0.717) is 12.8 Å². The van der Waals surface area contributed by atoms with Crippen molar-refractivity contribution in [2.45, 2.75) is 49.9 Å². The van der Waals surface area contributed by atoms with Gasteiger partial charge in [-0.2, -0.15) is 8.78 Å². The highest BCUT2D eigenvalue weighted by molar-refractivity contribution is 9.10. The first-order chi connectivity index (χ1) is 11.7. The molecule has 25 heavy (non-hydrogen) atoms. The van der Waals surface area contributed by atoms with Gasteiger partial charge in [0.25, 0.3) is 11.8 Å². The van der Waals surface area contributed by atoms with Crippen LogP contribution in [0.4, 0.5) is 17.6 Å². The van der Waals surface area contributed by atoms with Crippen LogP contribution in [-0.2, 0) is 0 Å². The SMILES string of the molecule is O=C(c1ccc(OC(F)F)c(Br)n1)N1CC(F)(F)C(O)C12CCCC2. The number of pyridine rings is 1. The number of amides is 1. The van der Waals surface area contributed by atoms with Crippen molar-refractivity contribution in [2.24, 2.45) is 0 Å². The van der Waals surface area contributed by atoms with Crippen LogP contribution in [0.1, 0.15) is 36.2 Å². The topological polar surface area (TPSA) is 62.7 Å². The number of aromatic nitrogens is 1. The molecule has 1 aromatic heterocycles. The molecule has 2 aliphatic rings. The van der Waals surface area contributed by atoms with Crippen molar-refractivity contribution in [3.63, 3.8) is 0 Å². The lowest BCUT2D eigenvalue weighted by molar-refractivity contribution is -0.0959. The number of carbonyl (C=O) groups excluding carboxylic acids is 1. The van der Waals surface area contributed by atoms with Crippen molar-refractivity contribution in [3.05, 3.63) is 22.4 Å². The largest absolute Gasteiger partial charge is 0.432 e. The molecular formula is C15H15BrF4N2O3. The Morgan fingerprint density at radius 1 is 1.36 bits per heavy atom. The summed E-state index contributed by atoms with van der Waals surface area (Å²) in [6.45, 7) is -3.96. The summed E-state index contributed by atoms with van der Waals surface area (Å²) in [6.07, 6.45) is -0.104. The third-order valence-corrected chi connectivity index (χ3v) is 5.35. The monoisotopic (exact) mass is 426 g/mol. The van der Waals surface area contributed by atoms with Gasteiger partial charge in [0, 0.05) is 0 Å². The van der Waals surface area contributed by atoms with E-state index in [1.165, 1.54) is 0 Å². The standard InChI is InChI=1S/C15H15BrF4N2O3/c16-10-9(25-13(17)18)4-3-8(21-10)11(23)22-7-15(19,20)12(24)14(22)5-1-2-6-14/h3-4,12-13,24H,1-2,5-7H2. The fourth-order valence-corrected chi connectivity index (χ4v) is 4.08. The molecule has 5 nitrogen and oxygen atoms in total. The van der Waals surface area contributed by atoms with Crippen LogP contribution in [0, 0.1) is 0 Å². The van der Waals surface area contributed by atoms with Gasteiger partial charge in [0.2, 0.25) is 0 Å². The van der Waals surface area contributed by atoms with E-state index < -0.39 is 36.6 Å². The van der Waals surface area contributed by atoms with Gasteiger partial charge >= 0.3 is 6.61 Å². The van der Waals surface area contributed by atoms with E-state index >= 15 is 0 Å². The fourth-order valence-electron chi connectivity index (χ4n) is 3.66. The minimum atomic E-state index is -3.41. The third kappa shape index (κ3) is 3.10. The van der Waals surface area contributed by atoms with Gasteiger partial charge < -0.3 is 14.7 Å². The fraction of sp³-hybridized carbons (Fsp3) is 0.600. The van der Waals surface area contributed by atoms with Gasteiger partial charge in [-0.05, 0) is 40.9 Å². The molecule has 1 N–H and O–H groups in total. The van der Waals surface area contributed by atoms with Crippen LogP contribution in [0.15, 0.2) is 16.7 Å². The summed E-state index contributed by atoms with van der Waals surface area (Å²) in [6, 6.07) is 2.25. The van der Waals surface area contributed by atoms with Gasteiger partial charge in [-0.15, -0.1) is 0 Å². The van der Waals surface area contributed by atoms with Crippen LogP contribution >= 0.6 is 15.9 Å². The zero-order chi connectivity index (χ0) is 18.4. The second kappa shape index (κ2) is 6.39. The van der Waals surface area contributed by atoms with Crippen LogP contribution in [0.25, 0.3) is 0 Å². The lowest BCUT2D eigenvalue weighted by Gasteiger charge is -2.36. The number of hydrogen-bond acceptors (Lipinski definition) is 4. The highest BCUT2D eigenvalue weighted by atomic mass is 79.9. The minimum Gasteiger partial charge on any atom is -0.432 e. The molecule has 2 fully saturated rings. The van der Waals surface area contributed by atoms with Gasteiger partial charge in [0.05, 0.1) is 12.1 Å². The predicted molar refractivity (Wildman–Crippen MR) is 81.8 cm³/mol. The van der Waals surface area contributed by atoms with Gasteiger partial charge in [-0.25, -0.2) is 13.8 Å². The smallest absolute Gasteiger partial charge is 0.387 e. The maximum Gasteiger partial charge on any atom is 0.387 e. The molecule has 1 spiro atoms. The molecule has 1 amide bonds. The number of aliphatic hydroxyl groups excluding tert-OH is 1. The van der Waals surface area contributed by atoms with Gasteiger partial charge in [0.15, 0.2) is 5.75 Å². The quantitative estimate of drug-likeness (QED) is 0.595. The molecule has 1 saturated heterocycles. The molecule has 0 aromatic carbocycles. The molecule has 1 aliphatic carbocycles. The summed E-state index contributed by atoms with van der Waals surface area (Å²) in [7, 11) is 0. The molecule has 0 radical (unpaired) electrons. The first-order valence-corrected chi connectivity index (χ1v) is 8.46. The molecule has 138 valence electrons. The summed E-state index contributed by atoms with van der Waals surface area (Å²) in [5, 5.41) is 10.1. The molecule has 2 heterocycles. The lowest BCUT2D eigenvalue weighted by Crippen LogP contribution is -2.52. The molecular weight excluding hydrogens is 412 g/mol. The maximum absolute atomic E-state index is 14.1. The molecule has 1 aliphatic heterocycles. The van der Waals surface area contributed by atoms with Crippen LogP contribution in [-0.4, -0.2) is 51.6 Å². The number of alkyl halides is 4. The van der Waals surface area contributed by atoms with Crippen molar-refractivity contribution >= 4 is 21.8 Å². The van der Waals surface area contributed by atoms with Crippen molar-refractivity contribution in [3.8, 4) is 5.75 Å². The average Bonchev–Trinajstić information content (AvgIpc) is 3.09. The third-order valence-electron chi connectivity index (χ3n) is 4.78. The van der Waals surface area contributed by atoms with Gasteiger partial charge in [-0.1, -0.05) is 12.8 Å². The Kier molecular flexibility index (Phi) is 4.69.